The number of aliphatic hydroxyl groups is 1. The van der Waals surface area contributed by atoms with E-state index in [4.69, 9.17) is 9.84 Å². The van der Waals surface area contributed by atoms with Crippen molar-refractivity contribution in [3.05, 3.63) is 0 Å². The van der Waals surface area contributed by atoms with Gasteiger partial charge in [-0.1, -0.05) is 0 Å². The molecule has 0 amide bonds. The summed E-state index contributed by atoms with van der Waals surface area (Å²) < 4.78 is 5.65. The molecule has 0 heterocycles. The topological polar surface area (TPSA) is 29.5 Å². The van der Waals surface area contributed by atoms with Gasteiger partial charge >= 0.3 is 0 Å². The number of nitrogens with zero attached hydrogens (tertiary/aromatic N) is 1. The minimum atomic E-state index is 0.0972. The third kappa shape index (κ3) is 8.23. The second-order valence-electron chi connectivity index (χ2n) is 2.68. The largest absolute Gasteiger partial charge is 0.394 e. The summed E-state index contributed by atoms with van der Waals surface area (Å²) in [6, 6.07) is 0. The first kappa shape index (κ1) is 10.2. The standard InChI is InChI=1S/C6H16NO2S/c1-7(2,10)3-5-9-6-4-8/h8,10H,3-6H2,1-2H3/q+1. The van der Waals surface area contributed by atoms with E-state index in [-0.39, 0.29) is 6.61 Å². The molecule has 0 saturated heterocycles. The Morgan fingerprint density at radius 3 is 2.40 bits per heavy atom. The molecule has 10 heavy (non-hydrogen) atoms. The summed E-state index contributed by atoms with van der Waals surface area (Å²) in [5.41, 5.74) is 0. The van der Waals surface area contributed by atoms with Crippen LogP contribution >= 0.6 is 12.8 Å². The fourth-order valence-electron chi connectivity index (χ4n) is 0.455. The van der Waals surface area contributed by atoms with Crippen molar-refractivity contribution in [3.8, 4) is 0 Å². The van der Waals surface area contributed by atoms with E-state index in [1.165, 1.54) is 0 Å². The fourth-order valence-corrected chi connectivity index (χ4v) is 0.536. The van der Waals surface area contributed by atoms with E-state index in [2.05, 4.69) is 12.8 Å². The lowest BCUT2D eigenvalue weighted by molar-refractivity contribution is -0.748. The van der Waals surface area contributed by atoms with Gasteiger partial charge in [0, 0.05) is 0 Å². The molecule has 4 heteroatoms. The van der Waals surface area contributed by atoms with Crippen molar-refractivity contribution in [1.29, 1.82) is 0 Å². The quantitative estimate of drug-likeness (QED) is 0.340. The van der Waals surface area contributed by atoms with E-state index in [1.54, 1.807) is 0 Å². The zero-order chi connectivity index (χ0) is 8.04. The Hall–Kier alpha value is 0.230. The number of rotatable bonds is 5. The highest BCUT2D eigenvalue weighted by atomic mass is 32.1. The van der Waals surface area contributed by atoms with Crippen LogP contribution in [0.15, 0.2) is 0 Å². The van der Waals surface area contributed by atoms with E-state index >= 15 is 0 Å². The van der Waals surface area contributed by atoms with Gasteiger partial charge in [-0.05, 0) is 0 Å². The Morgan fingerprint density at radius 1 is 1.40 bits per heavy atom. The number of likely N-dealkylation sites (N-methyl/N-ethyl adjacent to an activating group) is 1. The highest BCUT2D eigenvalue weighted by molar-refractivity contribution is 7.74. The molecule has 0 aliphatic heterocycles. The molecule has 0 aromatic rings. The number of quaternary nitrogens is 1. The summed E-state index contributed by atoms with van der Waals surface area (Å²) in [6.07, 6.45) is 0. The Balaban J connectivity index is 3.04. The SMILES string of the molecule is C[N+](C)(S)CCOCCO. The number of hydrogen-bond donors (Lipinski definition) is 2. The maximum atomic E-state index is 8.35. The van der Waals surface area contributed by atoms with Crippen molar-refractivity contribution in [1.82, 2.24) is 0 Å². The van der Waals surface area contributed by atoms with Crippen LogP contribution in [0, 0.1) is 0 Å². The lowest BCUT2D eigenvalue weighted by Gasteiger charge is -2.20. The normalized spacial score (nSPS) is 12.0. The predicted octanol–water partition coefficient (Wildman–Crippen LogP) is -0.0835. The molecule has 0 aromatic heterocycles. The minimum absolute atomic E-state index is 0.0972. The maximum Gasteiger partial charge on any atom is 0.112 e. The van der Waals surface area contributed by atoms with Crippen molar-refractivity contribution in [2.45, 2.75) is 0 Å². The van der Waals surface area contributed by atoms with Crippen LogP contribution in [-0.2, 0) is 4.74 Å². The van der Waals surface area contributed by atoms with E-state index < -0.39 is 0 Å². The summed E-state index contributed by atoms with van der Waals surface area (Å²) in [5.74, 6) is 0. The zero-order valence-electron chi connectivity index (χ0n) is 6.58. The average Bonchev–Trinajstić information content (AvgIpc) is 1.78. The molecule has 0 unspecified atom stereocenters. The van der Waals surface area contributed by atoms with Crippen molar-refractivity contribution in [2.24, 2.45) is 0 Å². The van der Waals surface area contributed by atoms with Gasteiger partial charge in [0.2, 0.25) is 0 Å². The first-order valence-corrected chi connectivity index (χ1v) is 3.70. The lowest BCUT2D eigenvalue weighted by atomic mass is 10.6. The van der Waals surface area contributed by atoms with Crippen LogP contribution in [0.3, 0.4) is 0 Å². The molecule has 0 bridgehead atoms. The predicted molar refractivity (Wildman–Crippen MR) is 43.9 cm³/mol. The number of aliphatic hydroxyl groups excluding tert-OH is 1. The van der Waals surface area contributed by atoms with Crippen molar-refractivity contribution >= 4 is 12.8 Å². The van der Waals surface area contributed by atoms with Crippen molar-refractivity contribution < 1.29 is 13.7 Å². The summed E-state index contributed by atoms with van der Waals surface area (Å²) in [7, 11) is 3.96. The van der Waals surface area contributed by atoms with E-state index in [0.29, 0.717) is 17.1 Å². The van der Waals surface area contributed by atoms with Crippen molar-refractivity contribution in [3.63, 3.8) is 0 Å². The van der Waals surface area contributed by atoms with Crippen molar-refractivity contribution in [2.75, 3.05) is 40.5 Å². The molecular formula is C6H16NO2S+. The number of thiol groups is 1. The second-order valence-corrected chi connectivity index (χ2v) is 3.76. The minimum Gasteiger partial charge on any atom is -0.394 e. The van der Waals surface area contributed by atoms with Crippen LogP contribution in [-0.4, -0.2) is 49.5 Å². The van der Waals surface area contributed by atoms with Gasteiger partial charge in [0.1, 0.15) is 6.54 Å². The molecule has 1 N–H and O–H groups in total. The number of ether oxygens (including phenoxy) is 1. The van der Waals surface area contributed by atoms with E-state index in [1.807, 2.05) is 14.1 Å². The van der Waals surface area contributed by atoms with Crippen LogP contribution in [0.1, 0.15) is 0 Å². The Labute approximate surface area is 67.7 Å². The molecule has 0 rings (SSSR count). The van der Waals surface area contributed by atoms with Gasteiger partial charge in [-0.25, -0.2) is 0 Å². The van der Waals surface area contributed by atoms with Gasteiger partial charge in [-0.3, -0.25) is 3.89 Å². The third-order valence-electron chi connectivity index (χ3n) is 1.02. The molecule has 0 saturated carbocycles. The lowest BCUT2D eigenvalue weighted by Crippen LogP contribution is -2.32. The molecule has 0 aliphatic carbocycles. The first-order chi connectivity index (χ1) is 4.56. The van der Waals surface area contributed by atoms with Gasteiger partial charge in [-0.15, -0.1) is 0 Å². The van der Waals surface area contributed by atoms with Crippen LogP contribution in [0.4, 0.5) is 0 Å². The first-order valence-electron chi connectivity index (χ1n) is 3.30. The van der Waals surface area contributed by atoms with E-state index in [0.717, 1.165) is 6.54 Å². The van der Waals surface area contributed by atoms with E-state index in [9.17, 15) is 0 Å². The van der Waals surface area contributed by atoms with Gasteiger partial charge in [0.15, 0.2) is 0 Å². The Kier molecular flexibility index (Phi) is 5.07. The summed E-state index contributed by atoms with van der Waals surface area (Å²) in [5, 5.41) is 8.35. The van der Waals surface area contributed by atoms with Gasteiger partial charge < -0.3 is 9.84 Å². The third-order valence-corrected chi connectivity index (χ3v) is 1.22. The number of hydrogen-bond acceptors (Lipinski definition) is 3. The highest BCUT2D eigenvalue weighted by Crippen LogP contribution is 1.99. The molecule has 3 nitrogen and oxygen atoms in total. The summed E-state index contributed by atoms with van der Waals surface area (Å²) in [4.78, 5) is 0. The molecule has 0 spiro atoms. The highest BCUT2D eigenvalue weighted by Gasteiger charge is 2.06. The van der Waals surface area contributed by atoms with Gasteiger partial charge in [-0.2, -0.15) is 0 Å². The Morgan fingerprint density at radius 2 is 2.00 bits per heavy atom. The Bertz CT molecular complexity index is 82.3. The molecule has 0 radical (unpaired) electrons. The molecule has 0 atom stereocenters. The van der Waals surface area contributed by atoms with Crippen LogP contribution < -0.4 is 0 Å². The molecular weight excluding hydrogens is 150 g/mol. The average molecular weight is 166 g/mol. The van der Waals surface area contributed by atoms with Crippen LogP contribution in [0.25, 0.3) is 0 Å². The van der Waals surface area contributed by atoms with Gasteiger partial charge in [0.25, 0.3) is 0 Å². The smallest absolute Gasteiger partial charge is 0.112 e. The monoisotopic (exact) mass is 166 g/mol. The maximum absolute atomic E-state index is 8.35. The summed E-state index contributed by atoms with van der Waals surface area (Å²) in [6.45, 7) is 2.02. The molecule has 0 aliphatic rings. The molecule has 0 fully saturated rings. The van der Waals surface area contributed by atoms with Crippen LogP contribution in [0.2, 0.25) is 0 Å². The summed E-state index contributed by atoms with van der Waals surface area (Å²) >= 11 is 4.25. The second kappa shape index (κ2) is 4.96. The molecule has 62 valence electrons. The molecule has 0 aromatic carbocycles. The zero-order valence-corrected chi connectivity index (χ0v) is 7.47. The fraction of sp³-hybridized carbons (Fsp3) is 1.00. The van der Waals surface area contributed by atoms with Gasteiger partial charge in [0.05, 0.1) is 46.7 Å². The van der Waals surface area contributed by atoms with Crippen LogP contribution in [0.5, 0.6) is 0 Å².